The fourth-order valence-corrected chi connectivity index (χ4v) is 2.49. The highest BCUT2D eigenvalue weighted by molar-refractivity contribution is 5.71. The van der Waals surface area contributed by atoms with Gasteiger partial charge in [-0.1, -0.05) is 20.3 Å². The van der Waals surface area contributed by atoms with Gasteiger partial charge < -0.3 is 5.11 Å². The molecule has 1 aliphatic carbocycles. The zero-order valence-corrected chi connectivity index (χ0v) is 10.2. The predicted molar refractivity (Wildman–Crippen MR) is 60.8 cm³/mol. The van der Waals surface area contributed by atoms with E-state index in [-0.39, 0.29) is 12.0 Å². The van der Waals surface area contributed by atoms with Crippen molar-refractivity contribution >= 4 is 5.97 Å². The minimum absolute atomic E-state index is 0.156. The first-order chi connectivity index (χ1) is 6.95. The molecule has 0 aromatic carbocycles. The van der Waals surface area contributed by atoms with Gasteiger partial charge in [0.25, 0.3) is 0 Å². The molecule has 1 aliphatic rings. The lowest BCUT2D eigenvalue weighted by molar-refractivity contribution is -0.143. The smallest absolute Gasteiger partial charge is 0.308 e. The quantitative estimate of drug-likeness (QED) is 0.778. The van der Waals surface area contributed by atoms with Crippen molar-refractivity contribution in [3.05, 3.63) is 0 Å². The Kier molecular flexibility index (Phi) is 4.14. The Morgan fingerprint density at radius 1 is 1.33 bits per heavy atom. The second kappa shape index (κ2) is 4.97. The number of aliphatic carboxylic acids is 1. The Balaban J connectivity index is 2.65. The molecule has 0 spiro atoms. The Labute approximate surface area is 92.5 Å². The van der Waals surface area contributed by atoms with E-state index in [1.807, 2.05) is 0 Å². The highest BCUT2D eigenvalue weighted by Gasteiger charge is 2.37. The van der Waals surface area contributed by atoms with Crippen LogP contribution in [0, 0.1) is 11.8 Å². The van der Waals surface area contributed by atoms with Crippen LogP contribution in [-0.4, -0.2) is 35.1 Å². The largest absolute Gasteiger partial charge is 0.481 e. The van der Waals surface area contributed by atoms with Crippen LogP contribution in [-0.2, 0) is 4.79 Å². The maximum Gasteiger partial charge on any atom is 0.308 e. The summed E-state index contributed by atoms with van der Waals surface area (Å²) < 4.78 is 0. The zero-order valence-electron chi connectivity index (χ0n) is 10.2. The third-order valence-electron chi connectivity index (χ3n) is 3.93. The summed E-state index contributed by atoms with van der Waals surface area (Å²) in [5.41, 5.74) is 0. The van der Waals surface area contributed by atoms with Crippen LogP contribution in [0.3, 0.4) is 0 Å². The highest BCUT2D eigenvalue weighted by Crippen LogP contribution is 2.31. The van der Waals surface area contributed by atoms with E-state index in [0.717, 1.165) is 19.3 Å². The van der Waals surface area contributed by atoms with Crippen molar-refractivity contribution in [1.29, 1.82) is 0 Å². The molecule has 88 valence electrons. The molecule has 3 heteroatoms. The summed E-state index contributed by atoms with van der Waals surface area (Å²) in [5, 5.41) is 9.13. The molecule has 15 heavy (non-hydrogen) atoms. The van der Waals surface area contributed by atoms with Crippen molar-refractivity contribution in [2.75, 3.05) is 7.05 Å². The van der Waals surface area contributed by atoms with Crippen molar-refractivity contribution in [3.8, 4) is 0 Å². The topological polar surface area (TPSA) is 40.5 Å². The number of rotatable bonds is 4. The fourth-order valence-electron chi connectivity index (χ4n) is 2.49. The summed E-state index contributed by atoms with van der Waals surface area (Å²) in [5.74, 6) is -0.207. The van der Waals surface area contributed by atoms with Crippen LogP contribution in [0.5, 0.6) is 0 Å². The van der Waals surface area contributed by atoms with E-state index in [2.05, 4.69) is 32.7 Å². The minimum Gasteiger partial charge on any atom is -0.481 e. The Morgan fingerprint density at radius 3 is 2.40 bits per heavy atom. The van der Waals surface area contributed by atoms with Gasteiger partial charge in [0.05, 0.1) is 5.92 Å². The van der Waals surface area contributed by atoms with Gasteiger partial charge in [-0.2, -0.15) is 0 Å². The van der Waals surface area contributed by atoms with E-state index >= 15 is 0 Å². The number of hydrogen-bond acceptors (Lipinski definition) is 2. The van der Waals surface area contributed by atoms with Crippen molar-refractivity contribution in [2.24, 2.45) is 11.8 Å². The molecule has 3 nitrogen and oxygen atoms in total. The highest BCUT2D eigenvalue weighted by atomic mass is 16.4. The maximum absolute atomic E-state index is 11.1. The lowest BCUT2D eigenvalue weighted by atomic mass is 9.97. The monoisotopic (exact) mass is 213 g/mol. The Bertz CT molecular complexity index is 228. The van der Waals surface area contributed by atoms with Gasteiger partial charge in [0.2, 0.25) is 0 Å². The minimum atomic E-state index is -0.625. The molecular weight excluding hydrogens is 190 g/mol. The van der Waals surface area contributed by atoms with Crippen LogP contribution < -0.4 is 0 Å². The van der Waals surface area contributed by atoms with E-state index in [4.69, 9.17) is 5.11 Å². The van der Waals surface area contributed by atoms with Crippen LogP contribution in [0.1, 0.15) is 40.0 Å². The van der Waals surface area contributed by atoms with Crippen molar-refractivity contribution < 1.29 is 9.90 Å². The van der Waals surface area contributed by atoms with E-state index in [9.17, 15) is 4.79 Å². The van der Waals surface area contributed by atoms with Crippen molar-refractivity contribution in [3.63, 3.8) is 0 Å². The molecular formula is C12H23NO2. The van der Waals surface area contributed by atoms with Gasteiger partial charge in [0.15, 0.2) is 0 Å². The average Bonchev–Trinajstić information content (AvgIpc) is 2.63. The van der Waals surface area contributed by atoms with Gasteiger partial charge in [0, 0.05) is 12.1 Å². The second-order valence-electron chi connectivity index (χ2n) is 5.09. The van der Waals surface area contributed by atoms with E-state index in [1.165, 1.54) is 0 Å². The molecule has 0 saturated heterocycles. The fraction of sp³-hybridized carbons (Fsp3) is 0.917. The summed E-state index contributed by atoms with van der Waals surface area (Å²) in [7, 11) is 2.07. The molecule has 0 bridgehead atoms. The number of carboxylic acid groups (broad SMARTS) is 1. The molecule has 1 rings (SSSR count). The number of hydrogen-bond donors (Lipinski definition) is 1. The van der Waals surface area contributed by atoms with E-state index < -0.39 is 5.97 Å². The van der Waals surface area contributed by atoms with Crippen molar-refractivity contribution in [1.82, 2.24) is 4.90 Å². The molecule has 0 amide bonds. The zero-order chi connectivity index (χ0) is 11.6. The number of nitrogens with zero attached hydrogens (tertiary/aromatic N) is 1. The predicted octanol–water partition coefficient (Wildman–Crippen LogP) is 2.22. The molecule has 0 aromatic rings. The molecule has 0 radical (unpaired) electrons. The molecule has 1 fully saturated rings. The Morgan fingerprint density at radius 2 is 1.93 bits per heavy atom. The third kappa shape index (κ3) is 2.71. The van der Waals surface area contributed by atoms with Gasteiger partial charge in [-0.25, -0.2) is 0 Å². The summed E-state index contributed by atoms with van der Waals surface area (Å²) in [6.45, 7) is 6.56. The van der Waals surface area contributed by atoms with Gasteiger partial charge in [-0.3, -0.25) is 9.69 Å². The average molecular weight is 213 g/mol. The lowest BCUT2D eigenvalue weighted by Crippen LogP contribution is -2.45. The second-order valence-corrected chi connectivity index (χ2v) is 5.09. The molecule has 3 atom stereocenters. The number of carbonyl (C=O) groups is 1. The summed E-state index contributed by atoms with van der Waals surface area (Å²) in [4.78, 5) is 13.3. The first-order valence-electron chi connectivity index (χ1n) is 5.90. The summed E-state index contributed by atoms with van der Waals surface area (Å²) in [6.07, 6.45) is 2.93. The molecule has 1 saturated carbocycles. The SMILES string of the molecule is CC(C)C(C)N(C)C1CCCC1C(=O)O. The summed E-state index contributed by atoms with van der Waals surface area (Å²) in [6, 6.07) is 0.690. The van der Waals surface area contributed by atoms with E-state index in [1.54, 1.807) is 0 Å². The van der Waals surface area contributed by atoms with Crippen LogP contribution in [0.25, 0.3) is 0 Å². The number of carboxylic acids is 1. The maximum atomic E-state index is 11.1. The van der Waals surface area contributed by atoms with Gasteiger partial charge in [-0.05, 0) is 32.7 Å². The molecule has 3 unspecified atom stereocenters. The van der Waals surface area contributed by atoms with Gasteiger partial charge in [-0.15, -0.1) is 0 Å². The molecule has 0 aliphatic heterocycles. The van der Waals surface area contributed by atoms with E-state index in [0.29, 0.717) is 12.0 Å². The first-order valence-corrected chi connectivity index (χ1v) is 5.90. The summed E-state index contributed by atoms with van der Waals surface area (Å²) >= 11 is 0. The van der Waals surface area contributed by atoms with Crippen molar-refractivity contribution in [2.45, 2.75) is 52.1 Å². The van der Waals surface area contributed by atoms with Gasteiger partial charge >= 0.3 is 5.97 Å². The Hall–Kier alpha value is -0.570. The molecule has 0 heterocycles. The standard InChI is InChI=1S/C12H23NO2/c1-8(2)9(3)13(4)11-7-5-6-10(11)12(14)15/h8-11H,5-7H2,1-4H3,(H,14,15). The molecule has 0 aromatic heterocycles. The first kappa shape index (κ1) is 12.5. The van der Waals surface area contributed by atoms with Gasteiger partial charge in [0.1, 0.15) is 0 Å². The van der Waals surface area contributed by atoms with Crippen LogP contribution in [0.2, 0.25) is 0 Å². The molecule has 1 N–H and O–H groups in total. The van der Waals surface area contributed by atoms with Crippen LogP contribution in [0.15, 0.2) is 0 Å². The third-order valence-corrected chi connectivity index (χ3v) is 3.93. The lowest BCUT2D eigenvalue weighted by Gasteiger charge is -2.35. The van der Waals surface area contributed by atoms with Crippen LogP contribution >= 0.6 is 0 Å². The van der Waals surface area contributed by atoms with Crippen LogP contribution in [0.4, 0.5) is 0 Å². The normalized spacial score (nSPS) is 28.7.